The van der Waals surface area contributed by atoms with Crippen LogP contribution in [0.5, 0.6) is 0 Å². The van der Waals surface area contributed by atoms with Gasteiger partial charge in [-0.15, -0.1) is 0 Å². The van der Waals surface area contributed by atoms with Gasteiger partial charge in [0.05, 0.1) is 22.1 Å². The third-order valence-electron chi connectivity index (χ3n) is 9.22. The van der Waals surface area contributed by atoms with Crippen molar-refractivity contribution in [3.63, 3.8) is 0 Å². The van der Waals surface area contributed by atoms with Crippen molar-refractivity contribution in [1.29, 1.82) is 5.41 Å². The lowest BCUT2D eigenvalue weighted by atomic mass is 9.93. The number of aliphatic hydroxyl groups is 1. The van der Waals surface area contributed by atoms with Gasteiger partial charge in [0.1, 0.15) is 29.9 Å². The molecule has 0 aromatic heterocycles. The van der Waals surface area contributed by atoms with E-state index in [9.17, 15) is 28.3 Å². The Morgan fingerprint density at radius 2 is 1.93 bits per heavy atom. The number of hydrogen-bond donors (Lipinski definition) is 4. The van der Waals surface area contributed by atoms with Gasteiger partial charge in [-0.25, -0.2) is 8.78 Å². The number of alkyl halides is 2. The van der Waals surface area contributed by atoms with Crippen molar-refractivity contribution < 1.29 is 33.0 Å². The van der Waals surface area contributed by atoms with Crippen LogP contribution in [0.2, 0.25) is 0 Å². The molecule has 3 aliphatic rings. The summed E-state index contributed by atoms with van der Waals surface area (Å²) in [5, 5.41) is 29.2. The lowest BCUT2D eigenvalue weighted by Crippen LogP contribution is -2.50. The second kappa shape index (κ2) is 18.8. The summed E-state index contributed by atoms with van der Waals surface area (Å²) in [6.45, 7) is 22.8. The fourth-order valence-corrected chi connectivity index (χ4v) is 6.14. The van der Waals surface area contributed by atoms with Crippen molar-refractivity contribution in [2.75, 3.05) is 26.2 Å². The number of carbonyl (C=O) groups is 3. The highest BCUT2D eigenvalue weighted by Crippen LogP contribution is 2.35. The molecule has 3 amide bonds. The zero-order valence-electron chi connectivity index (χ0n) is 32.5. The van der Waals surface area contributed by atoms with Gasteiger partial charge in [0, 0.05) is 37.7 Å². The quantitative estimate of drug-likeness (QED) is 0.102. The second-order valence-corrected chi connectivity index (χ2v) is 13.8. The summed E-state index contributed by atoms with van der Waals surface area (Å²) in [6, 6.07) is 0. The molecule has 298 valence electrons. The molecule has 55 heavy (non-hydrogen) atoms. The number of rotatable bonds is 16. The summed E-state index contributed by atoms with van der Waals surface area (Å²) >= 11 is 6.32. The Morgan fingerprint density at radius 3 is 2.47 bits per heavy atom. The van der Waals surface area contributed by atoms with Crippen molar-refractivity contribution in [2.45, 2.75) is 79.8 Å². The summed E-state index contributed by atoms with van der Waals surface area (Å²) in [7, 11) is 0. The maximum Gasteiger partial charge on any atom is 0.298 e. The number of hydrazone groups is 1. The Kier molecular flexibility index (Phi) is 15.1. The van der Waals surface area contributed by atoms with E-state index in [4.69, 9.17) is 21.7 Å². The van der Waals surface area contributed by atoms with E-state index in [0.29, 0.717) is 29.2 Å². The highest BCUT2D eigenvalue weighted by molar-refractivity contribution is 6.43. The van der Waals surface area contributed by atoms with Crippen molar-refractivity contribution in [3.05, 3.63) is 93.8 Å². The van der Waals surface area contributed by atoms with E-state index < -0.39 is 41.0 Å². The lowest BCUT2D eigenvalue weighted by molar-refractivity contribution is -0.131. The third-order valence-corrected chi connectivity index (χ3v) is 9.55. The molecule has 4 N–H and O–H groups in total. The van der Waals surface area contributed by atoms with Crippen molar-refractivity contribution in [1.82, 2.24) is 25.4 Å². The Balaban J connectivity index is 1.99. The van der Waals surface area contributed by atoms with E-state index in [0.717, 1.165) is 17.5 Å². The average molecular weight is 785 g/mol. The smallest absolute Gasteiger partial charge is 0.298 e. The molecule has 2 unspecified atom stereocenters. The van der Waals surface area contributed by atoms with Gasteiger partial charge in [-0.05, 0) is 78.3 Å². The molecule has 0 radical (unpaired) electrons. The lowest BCUT2D eigenvalue weighted by Gasteiger charge is -2.41. The molecule has 0 aromatic rings. The van der Waals surface area contributed by atoms with Crippen LogP contribution in [-0.4, -0.2) is 94.0 Å². The third kappa shape index (κ3) is 10.9. The minimum absolute atomic E-state index is 0.0135. The van der Waals surface area contributed by atoms with E-state index in [2.05, 4.69) is 40.6 Å². The molecule has 0 spiro atoms. The van der Waals surface area contributed by atoms with Crippen molar-refractivity contribution in [2.24, 2.45) is 16.0 Å². The Bertz CT molecular complexity index is 1850. The number of hydrogen-bond acceptors (Lipinski definition) is 10. The molecule has 2 aliphatic heterocycles. The fourth-order valence-electron chi connectivity index (χ4n) is 5.86. The molecular formula is C39H51ClF2N8O5. The van der Waals surface area contributed by atoms with Gasteiger partial charge in [0.25, 0.3) is 17.7 Å². The predicted molar refractivity (Wildman–Crippen MR) is 211 cm³/mol. The Morgan fingerprint density at radius 1 is 1.25 bits per heavy atom. The highest BCUT2D eigenvalue weighted by atomic mass is 35.5. The average Bonchev–Trinajstić information content (AvgIpc) is 3.46. The second-order valence-electron chi connectivity index (χ2n) is 13.4. The number of aliphatic imine (C=N–C) groups is 1. The van der Waals surface area contributed by atoms with Crippen molar-refractivity contribution in [3.8, 4) is 0 Å². The molecule has 1 fully saturated rings. The van der Waals surface area contributed by atoms with Gasteiger partial charge in [-0.3, -0.25) is 24.8 Å². The number of allylic oxidation sites excluding steroid dienone is 9. The van der Waals surface area contributed by atoms with Gasteiger partial charge in [0.2, 0.25) is 5.91 Å². The topological polar surface area (TPSA) is 163 Å². The van der Waals surface area contributed by atoms with Crippen LogP contribution in [-0.2, 0) is 19.1 Å². The standard InChI is InChI=1S/C39H51ClF2N8O5/c1-11-31-35(48(12-2)18-17-45-37(53)34(43)36(52)26(7)44-10)38(54)50(47-25(6)22(3)13-16-32-23(4)19-24(5)55-32)27(8)49(31)21-33(51)46-30-15-14-28(20-29(30)40)39(9,41)42/h13,15-16,20,24,28,43,52H,4,8,10-12,14,17-19,21H2,1-3,5-7,9H3,(H,45,53)(H,46,51)/b22-13+,32-16+,36-26+,43-34?,47-25+. The van der Waals surface area contributed by atoms with Gasteiger partial charge >= 0.3 is 0 Å². The van der Waals surface area contributed by atoms with Gasteiger partial charge in [-0.2, -0.15) is 10.1 Å². The van der Waals surface area contributed by atoms with Crippen LogP contribution in [0.4, 0.5) is 8.78 Å². The van der Waals surface area contributed by atoms with Crippen LogP contribution < -0.4 is 10.6 Å². The molecule has 0 saturated carbocycles. The molecule has 1 saturated heterocycles. The van der Waals surface area contributed by atoms with Gasteiger partial charge in [-0.1, -0.05) is 49.9 Å². The zero-order valence-corrected chi connectivity index (χ0v) is 33.2. The molecule has 0 aromatic carbocycles. The van der Waals surface area contributed by atoms with Crippen LogP contribution >= 0.6 is 11.6 Å². The zero-order chi connectivity index (χ0) is 41.4. The molecule has 2 atom stereocenters. The summed E-state index contributed by atoms with van der Waals surface area (Å²) < 4.78 is 33.7. The molecule has 1 aliphatic carbocycles. The van der Waals surface area contributed by atoms with Crippen LogP contribution in [0.1, 0.15) is 67.7 Å². The molecule has 16 heteroatoms. The van der Waals surface area contributed by atoms with Gasteiger partial charge < -0.3 is 30.3 Å². The first-order valence-electron chi connectivity index (χ1n) is 17.8. The van der Waals surface area contributed by atoms with E-state index in [1.165, 1.54) is 19.1 Å². The Labute approximate surface area is 326 Å². The molecule has 0 bridgehead atoms. The number of halogens is 3. The number of nitrogens with one attached hydrogen (secondary N) is 3. The monoisotopic (exact) mass is 784 g/mol. The number of ether oxygens (including phenoxy) is 1. The first kappa shape index (κ1) is 44.1. The molecule has 3 rings (SSSR count). The number of carbonyl (C=O) groups excluding carboxylic acids is 3. The summed E-state index contributed by atoms with van der Waals surface area (Å²) in [4.78, 5) is 47.5. The van der Waals surface area contributed by atoms with Crippen LogP contribution in [0.15, 0.2) is 104 Å². The maximum atomic E-state index is 14.4. The number of aliphatic hydroxyl groups excluding tert-OH is 1. The number of nitrogens with zero attached hydrogens (tertiary/aromatic N) is 5. The first-order valence-corrected chi connectivity index (χ1v) is 18.2. The van der Waals surface area contributed by atoms with Crippen LogP contribution in [0.3, 0.4) is 0 Å². The maximum absolute atomic E-state index is 14.4. The molecule has 13 nitrogen and oxygen atoms in total. The molecule has 2 heterocycles. The van der Waals surface area contributed by atoms with E-state index >= 15 is 0 Å². The van der Waals surface area contributed by atoms with Gasteiger partial charge in [0.15, 0.2) is 11.5 Å². The van der Waals surface area contributed by atoms with E-state index in [1.807, 2.05) is 27.7 Å². The van der Waals surface area contributed by atoms with Crippen molar-refractivity contribution >= 4 is 47.5 Å². The predicted octanol–water partition coefficient (Wildman–Crippen LogP) is 6.54. The minimum Gasteiger partial charge on any atom is -0.504 e. The van der Waals surface area contributed by atoms with Crippen LogP contribution in [0.25, 0.3) is 0 Å². The SMILES string of the molecule is C=N/C(C)=C(/O)C(=N)C(=O)NCCN(CC)C1=C(CC)N(CC(=O)NC2=CCC(C(C)(F)F)C=C2Cl)C(=C)N(/N=C(C)/C(C)=C/C=C2/OC(C)CC2=C)C1=O. The summed E-state index contributed by atoms with van der Waals surface area (Å²) in [6.07, 6.45) is 7.25. The van der Waals surface area contributed by atoms with E-state index in [-0.39, 0.29) is 73.1 Å². The normalized spacial score (nSPS) is 20.9. The first-order chi connectivity index (χ1) is 25.7. The van der Waals surface area contributed by atoms with E-state index in [1.54, 1.807) is 28.9 Å². The fraction of sp³-hybridized carbons (Fsp3) is 0.436. The Hall–Kier alpha value is -5.31. The highest BCUT2D eigenvalue weighted by Gasteiger charge is 2.39. The molecular weight excluding hydrogens is 734 g/mol. The summed E-state index contributed by atoms with van der Waals surface area (Å²) in [5.41, 5.74) is 2.18. The number of amides is 3. The number of likely N-dealkylation sites (N-methyl/N-ethyl adjacent to an activating group) is 1. The van der Waals surface area contributed by atoms with Crippen LogP contribution in [0, 0.1) is 11.3 Å². The minimum atomic E-state index is -3.00. The largest absolute Gasteiger partial charge is 0.504 e. The summed E-state index contributed by atoms with van der Waals surface area (Å²) in [5.74, 6) is -5.93.